The molecule has 1 N–H and O–H groups in total. The molecule has 0 aliphatic rings. The first-order valence-electron chi connectivity index (χ1n) is 7.07. The Hall–Kier alpha value is -3.41. The van der Waals surface area contributed by atoms with Gasteiger partial charge in [-0.2, -0.15) is 4.98 Å². The summed E-state index contributed by atoms with van der Waals surface area (Å²) in [4.78, 5) is 16.5. The second-order valence-electron chi connectivity index (χ2n) is 4.91. The molecule has 4 aromatic rings. The molecule has 23 heavy (non-hydrogen) atoms. The van der Waals surface area contributed by atoms with Crippen LogP contribution in [-0.4, -0.2) is 20.5 Å². The van der Waals surface area contributed by atoms with E-state index in [2.05, 4.69) is 15.4 Å². The second-order valence-corrected chi connectivity index (χ2v) is 4.91. The summed E-state index contributed by atoms with van der Waals surface area (Å²) in [6, 6.07) is 18.2. The Morgan fingerprint density at radius 3 is 2.65 bits per heavy atom. The van der Waals surface area contributed by atoms with Crippen molar-refractivity contribution in [3.63, 3.8) is 0 Å². The molecule has 1 amide bonds. The van der Waals surface area contributed by atoms with E-state index >= 15 is 0 Å². The maximum absolute atomic E-state index is 12.2. The van der Waals surface area contributed by atoms with Crippen LogP contribution in [0.3, 0.4) is 0 Å². The average molecular weight is 304 g/mol. The summed E-state index contributed by atoms with van der Waals surface area (Å²) in [6.45, 7) is 0. The molecule has 3 aromatic heterocycles. The minimum absolute atomic E-state index is 0.248. The number of hydrogen-bond acceptors (Lipinski definition) is 4. The predicted octanol–water partition coefficient (Wildman–Crippen LogP) is 3.24. The Morgan fingerprint density at radius 1 is 1.00 bits per heavy atom. The number of amides is 1. The molecule has 6 nitrogen and oxygen atoms in total. The van der Waals surface area contributed by atoms with E-state index in [4.69, 9.17) is 4.42 Å². The quantitative estimate of drug-likeness (QED) is 0.630. The van der Waals surface area contributed by atoms with Gasteiger partial charge in [-0.15, -0.1) is 5.10 Å². The molecular weight excluding hydrogens is 292 g/mol. The van der Waals surface area contributed by atoms with E-state index in [1.807, 2.05) is 36.4 Å². The number of carbonyl (C=O) groups is 1. The lowest BCUT2D eigenvalue weighted by Crippen LogP contribution is -2.12. The molecule has 0 radical (unpaired) electrons. The van der Waals surface area contributed by atoms with Gasteiger partial charge in [0, 0.05) is 5.56 Å². The highest BCUT2D eigenvalue weighted by atomic mass is 16.3. The van der Waals surface area contributed by atoms with Crippen molar-refractivity contribution < 1.29 is 9.21 Å². The number of carbonyl (C=O) groups excluding carboxylic acids is 1. The zero-order chi connectivity index (χ0) is 15.6. The second kappa shape index (κ2) is 5.42. The topological polar surface area (TPSA) is 72.4 Å². The Kier molecular flexibility index (Phi) is 3.12. The lowest BCUT2D eigenvalue weighted by molar-refractivity contribution is 0.102. The molecule has 112 valence electrons. The molecule has 0 spiro atoms. The molecule has 0 saturated heterocycles. The minimum Gasteiger partial charge on any atom is -0.463 e. The van der Waals surface area contributed by atoms with E-state index in [1.54, 1.807) is 35.0 Å². The van der Waals surface area contributed by atoms with Crippen LogP contribution >= 0.6 is 0 Å². The summed E-state index contributed by atoms with van der Waals surface area (Å²) >= 11 is 0. The Labute approximate surface area is 131 Å². The van der Waals surface area contributed by atoms with E-state index in [0.29, 0.717) is 17.0 Å². The number of hydrogen-bond donors (Lipinski definition) is 1. The first-order chi connectivity index (χ1) is 11.3. The molecule has 0 atom stereocenters. The summed E-state index contributed by atoms with van der Waals surface area (Å²) in [6.07, 6.45) is 1.60. The molecule has 0 fully saturated rings. The van der Waals surface area contributed by atoms with Gasteiger partial charge in [0.15, 0.2) is 11.4 Å². The van der Waals surface area contributed by atoms with Crippen molar-refractivity contribution in [2.45, 2.75) is 0 Å². The van der Waals surface area contributed by atoms with Crippen molar-refractivity contribution in [3.05, 3.63) is 72.5 Å². The predicted molar refractivity (Wildman–Crippen MR) is 85.1 cm³/mol. The first-order valence-corrected chi connectivity index (χ1v) is 7.07. The Bertz CT molecular complexity index is 959. The fourth-order valence-electron chi connectivity index (χ4n) is 2.33. The van der Waals surface area contributed by atoms with E-state index in [9.17, 15) is 4.79 Å². The number of benzene rings is 1. The van der Waals surface area contributed by atoms with E-state index in [-0.39, 0.29) is 11.9 Å². The molecule has 0 aliphatic carbocycles. The van der Waals surface area contributed by atoms with Gasteiger partial charge in [0.2, 0.25) is 5.95 Å². The van der Waals surface area contributed by atoms with Crippen LogP contribution in [0.25, 0.3) is 17.1 Å². The fourth-order valence-corrected chi connectivity index (χ4v) is 2.33. The third-order valence-electron chi connectivity index (χ3n) is 3.39. The molecule has 3 heterocycles. The summed E-state index contributed by atoms with van der Waals surface area (Å²) < 4.78 is 7.05. The van der Waals surface area contributed by atoms with Gasteiger partial charge in [-0.1, -0.05) is 24.3 Å². The first kappa shape index (κ1) is 13.3. The van der Waals surface area contributed by atoms with E-state index < -0.39 is 0 Å². The van der Waals surface area contributed by atoms with Crippen LogP contribution in [0.2, 0.25) is 0 Å². The highest BCUT2D eigenvalue weighted by molar-refractivity contribution is 6.03. The molecule has 0 saturated carbocycles. The zero-order valence-corrected chi connectivity index (χ0v) is 12.0. The standard InChI is InChI=1S/C17H12N4O2/c22-16(12-6-2-1-3-7-12)19-17-18-15-10-4-8-13(21(15)20-17)14-9-5-11-23-14/h1-11H,(H,19,20,22). The van der Waals surface area contributed by atoms with Crippen molar-refractivity contribution in [2.75, 3.05) is 5.32 Å². The Morgan fingerprint density at radius 2 is 1.87 bits per heavy atom. The van der Waals surface area contributed by atoms with Crippen LogP contribution in [0.1, 0.15) is 10.4 Å². The molecule has 0 unspecified atom stereocenters. The van der Waals surface area contributed by atoms with Crippen molar-refractivity contribution in [2.24, 2.45) is 0 Å². The third-order valence-corrected chi connectivity index (χ3v) is 3.39. The number of pyridine rings is 1. The number of rotatable bonds is 3. The summed E-state index contributed by atoms with van der Waals surface area (Å²) in [5, 5.41) is 7.06. The van der Waals surface area contributed by atoms with Crippen LogP contribution in [-0.2, 0) is 0 Å². The van der Waals surface area contributed by atoms with Crippen molar-refractivity contribution >= 4 is 17.5 Å². The third kappa shape index (κ3) is 2.46. The van der Waals surface area contributed by atoms with Gasteiger partial charge in [-0.25, -0.2) is 4.52 Å². The van der Waals surface area contributed by atoms with Crippen LogP contribution < -0.4 is 5.32 Å². The number of nitrogens with zero attached hydrogens (tertiary/aromatic N) is 3. The fraction of sp³-hybridized carbons (Fsp3) is 0. The molecule has 0 bridgehead atoms. The van der Waals surface area contributed by atoms with Gasteiger partial charge in [0.05, 0.1) is 6.26 Å². The molecular formula is C17H12N4O2. The van der Waals surface area contributed by atoms with Crippen molar-refractivity contribution in [1.82, 2.24) is 14.6 Å². The highest BCUT2D eigenvalue weighted by Gasteiger charge is 2.13. The summed E-state index contributed by atoms with van der Waals surface area (Å²) in [5.41, 5.74) is 1.94. The van der Waals surface area contributed by atoms with E-state index in [0.717, 1.165) is 5.69 Å². The van der Waals surface area contributed by atoms with Crippen molar-refractivity contribution in [1.29, 1.82) is 0 Å². The molecule has 6 heteroatoms. The van der Waals surface area contributed by atoms with Gasteiger partial charge in [0.1, 0.15) is 5.69 Å². The minimum atomic E-state index is -0.249. The maximum Gasteiger partial charge on any atom is 0.258 e. The maximum atomic E-state index is 12.2. The van der Waals surface area contributed by atoms with Gasteiger partial charge in [-0.3, -0.25) is 10.1 Å². The molecule has 0 aliphatic heterocycles. The lowest BCUT2D eigenvalue weighted by atomic mass is 10.2. The summed E-state index contributed by atoms with van der Waals surface area (Å²) in [5.74, 6) is 0.681. The van der Waals surface area contributed by atoms with Crippen LogP contribution in [0.5, 0.6) is 0 Å². The van der Waals surface area contributed by atoms with Crippen LogP contribution in [0, 0.1) is 0 Å². The van der Waals surface area contributed by atoms with Gasteiger partial charge in [-0.05, 0) is 36.4 Å². The highest BCUT2D eigenvalue weighted by Crippen LogP contribution is 2.21. The van der Waals surface area contributed by atoms with Crippen LogP contribution in [0.4, 0.5) is 5.95 Å². The number of anilines is 1. The number of nitrogens with one attached hydrogen (secondary N) is 1. The monoisotopic (exact) mass is 304 g/mol. The van der Waals surface area contributed by atoms with Gasteiger partial charge >= 0.3 is 0 Å². The number of fused-ring (bicyclic) bond motifs is 1. The molecule has 4 rings (SSSR count). The average Bonchev–Trinajstić information content (AvgIpc) is 3.24. The summed E-state index contributed by atoms with van der Waals surface area (Å²) in [7, 11) is 0. The van der Waals surface area contributed by atoms with Gasteiger partial charge in [0.25, 0.3) is 5.91 Å². The van der Waals surface area contributed by atoms with Crippen molar-refractivity contribution in [3.8, 4) is 11.5 Å². The normalized spacial score (nSPS) is 10.8. The smallest absolute Gasteiger partial charge is 0.258 e. The van der Waals surface area contributed by atoms with Crippen LogP contribution in [0.15, 0.2) is 71.3 Å². The molecule has 1 aromatic carbocycles. The number of furan rings is 1. The lowest BCUT2D eigenvalue weighted by Gasteiger charge is -2.00. The Balaban J connectivity index is 1.70. The largest absolute Gasteiger partial charge is 0.463 e. The number of aromatic nitrogens is 3. The zero-order valence-electron chi connectivity index (χ0n) is 12.0. The van der Waals surface area contributed by atoms with Gasteiger partial charge < -0.3 is 4.42 Å². The SMILES string of the molecule is O=C(Nc1nc2cccc(-c3ccco3)n2n1)c1ccccc1. The van der Waals surface area contributed by atoms with E-state index in [1.165, 1.54) is 0 Å².